The average molecular weight is 488 g/mol. The number of nitrogens with one attached hydrogen (secondary N) is 1. The van der Waals surface area contributed by atoms with E-state index in [0.29, 0.717) is 28.9 Å². The highest BCUT2D eigenvalue weighted by molar-refractivity contribution is 7.99. The number of nitrogens with zero attached hydrogens (tertiary/aromatic N) is 2. The van der Waals surface area contributed by atoms with E-state index in [1.54, 1.807) is 34.5 Å². The lowest BCUT2D eigenvalue weighted by Gasteiger charge is -2.18. The highest BCUT2D eigenvalue weighted by atomic mass is 35.5. The van der Waals surface area contributed by atoms with Crippen LogP contribution in [0.1, 0.15) is 41.5 Å². The van der Waals surface area contributed by atoms with E-state index >= 15 is 0 Å². The number of rotatable bonds is 5. The van der Waals surface area contributed by atoms with Gasteiger partial charge in [-0.2, -0.15) is 0 Å². The lowest BCUT2D eigenvalue weighted by atomic mass is 9.95. The molecule has 1 aliphatic carbocycles. The summed E-state index contributed by atoms with van der Waals surface area (Å²) in [5, 5.41) is 6.71. The zero-order valence-electron chi connectivity index (χ0n) is 18.3. The molecule has 1 amide bonds. The van der Waals surface area contributed by atoms with Crippen LogP contribution in [0.3, 0.4) is 0 Å². The second kappa shape index (κ2) is 8.60. The Labute approximate surface area is 206 Å². The largest absolute Gasteiger partial charge is 0.309 e. The number of hydrogen-bond acceptors (Lipinski definition) is 4. The molecule has 2 aliphatic rings. The van der Waals surface area contributed by atoms with Crippen LogP contribution in [0.2, 0.25) is 5.02 Å². The van der Waals surface area contributed by atoms with E-state index in [-0.39, 0.29) is 11.5 Å². The molecule has 4 aromatic rings. The fourth-order valence-corrected chi connectivity index (χ4v) is 6.34. The van der Waals surface area contributed by atoms with Gasteiger partial charge in [0.15, 0.2) is 0 Å². The van der Waals surface area contributed by atoms with Gasteiger partial charge in [0.1, 0.15) is 11.9 Å². The standard InChI is InChI=1S/C27H22ClN3O2S/c28-20-10-11-23(29-14-20)30-26(33)22-15-34-27-25(17-8-9-17)19(13-24(32)31(22)27)12-18-6-3-5-16-4-1-2-7-21(16)18/h1-7,10-11,13-14,17,22H,8-9,12,15H2,(H,29,30,33)/t22-/m0/s1. The summed E-state index contributed by atoms with van der Waals surface area (Å²) in [6.45, 7) is 0. The summed E-state index contributed by atoms with van der Waals surface area (Å²) in [5.41, 5.74) is 3.43. The Bertz CT molecular complexity index is 1470. The minimum atomic E-state index is -0.561. The molecule has 0 saturated heterocycles. The zero-order valence-corrected chi connectivity index (χ0v) is 19.9. The van der Waals surface area contributed by atoms with E-state index < -0.39 is 6.04 Å². The van der Waals surface area contributed by atoms with Crippen molar-refractivity contribution in [1.29, 1.82) is 0 Å². The number of pyridine rings is 2. The van der Waals surface area contributed by atoms with Crippen molar-refractivity contribution in [3.05, 3.63) is 98.9 Å². The van der Waals surface area contributed by atoms with Gasteiger partial charge in [-0.3, -0.25) is 14.2 Å². The first-order chi connectivity index (χ1) is 16.6. The first-order valence-electron chi connectivity index (χ1n) is 11.4. The SMILES string of the molecule is O=C(Nc1ccc(Cl)cn1)[C@@H]1CSc2c(C3CC3)c(Cc3cccc4ccccc34)cc(=O)n21. The van der Waals surface area contributed by atoms with Gasteiger partial charge in [0.25, 0.3) is 5.56 Å². The predicted molar refractivity (Wildman–Crippen MR) is 137 cm³/mol. The molecule has 1 N–H and O–H groups in total. The maximum atomic E-state index is 13.3. The van der Waals surface area contributed by atoms with E-state index in [2.05, 4.69) is 46.7 Å². The summed E-state index contributed by atoms with van der Waals surface area (Å²) in [4.78, 5) is 30.6. The number of aromatic nitrogens is 2. The molecule has 6 rings (SSSR count). The van der Waals surface area contributed by atoms with Crippen molar-refractivity contribution in [2.45, 2.75) is 36.2 Å². The average Bonchev–Trinajstić information content (AvgIpc) is 3.57. The molecule has 1 saturated carbocycles. The number of thioether (sulfide) groups is 1. The number of benzene rings is 2. The second-order valence-corrected chi connectivity index (χ2v) is 10.3. The number of carbonyl (C=O) groups excluding carboxylic acids is 1. The lowest BCUT2D eigenvalue weighted by molar-refractivity contribution is -0.118. The van der Waals surface area contributed by atoms with Crippen molar-refractivity contribution in [2.24, 2.45) is 0 Å². The number of halogens is 1. The summed E-state index contributed by atoms with van der Waals surface area (Å²) in [6.07, 6.45) is 4.45. The molecule has 1 atom stereocenters. The van der Waals surface area contributed by atoms with Crippen LogP contribution in [0.15, 0.2) is 76.7 Å². The Hall–Kier alpha value is -3.09. The summed E-state index contributed by atoms with van der Waals surface area (Å²) >= 11 is 7.51. The maximum Gasteiger partial charge on any atom is 0.252 e. The van der Waals surface area contributed by atoms with Gasteiger partial charge in [0.2, 0.25) is 5.91 Å². The topological polar surface area (TPSA) is 64.0 Å². The van der Waals surface area contributed by atoms with Gasteiger partial charge in [-0.25, -0.2) is 4.98 Å². The lowest BCUT2D eigenvalue weighted by Crippen LogP contribution is -2.33. The summed E-state index contributed by atoms with van der Waals surface area (Å²) in [6, 6.07) is 19.2. The molecule has 170 valence electrons. The molecule has 0 bridgehead atoms. The first-order valence-corrected chi connectivity index (χ1v) is 12.7. The molecule has 3 heterocycles. The van der Waals surface area contributed by atoms with Crippen LogP contribution in [0.5, 0.6) is 0 Å². The molecule has 0 radical (unpaired) electrons. The molecule has 34 heavy (non-hydrogen) atoms. The fourth-order valence-electron chi connectivity index (χ4n) is 4.80. The Morgan fingerprint density at radius 2 is 1.91 bits per heavy atom. The Kier molecular flexibility index (Phi) is 5.42. The third-order valence-corrected chi connectivity index (χ3v) is 7.94. The summed E-state index contributed by atoms with van der Waals surface area (Å²) in [7, 11) is 0. The van der Waals surface area contributed by atoms with E-state index in [1.165, 1.54) is 28.1 Å². The quantitative estimate of drug-likeness (QED) is 0.386. The number of fused-ring (bicyclic) bond motifs is 2. The molecule has 2 aromatic carbocycles. The van der Waals surface area contributed by atoms with Crippen LogP contribution >= 0.6 is 23.4 Å². The molecule has 2 aromatic heterocycles. The van der Waals surface area contributed by atoms with E-state index in [4.69, 9.17) is 11.6 Å². The second-order valence-electron chi connectivity index (χ2n) is 8.86. The first kappa shape index (κ1) is 21.4. The molecular formula is C27H22ClN3O2S. The van der Waals surface area contributed by atoms with Crippen molar-refractivity contribution in [3.8, 4) is 0 Å². The number of amides is 1. The number of carbonyl (C=O) groups is 1. The Morgan fingerprint density at radius 3 is 2.71 bits per heavy atom. The monoisotopic (exact) mass is 487 g/mol. The van der Waals surface area contributed by atoms with Crippen LogP contribution in [0, 0.1) is 0 Å². The minimum Gasteiger partial charge on any atom is -0.309 e. The zero-order chi connectivity index (χ0) is 23.2. The summed E-state index contributed by atoms with van der Waals surface area (Å²) < 4.78 is 1.69. The van der Waals surface area contributed by atoms with E-state index in [1.807, 2.05) is 6.07 Å². The van der Waals surface area contributed by atoms with E-state index in [0.717, 1.165) is 23.4 Å². The third-order valence-electron chi connectivity index (χ3n) is 6.55. The van der Waals surface area contributed by atoms with Crippen LogP contribution < -0.4 is 10.9 Å². The van der Waals surface area contributed by atoms with Gasteiger partial charge >= 0.3 is 0 Å². The van der Waals surface area contributed by atoms with Crippen molar-refractivity contribution >= 4 is 45.9 Å². The van der Waals surface area contributed by atoms with Gasteiger partial charge < -0.3 is 5.32 Å². The van der Waals surface area contributed by atoms with Gasteiger partial charge in [0, 0.05) is 18.0 Å². The number of hydrogen-bond donors (Lipinski definition) is 1. The molecule has 7 heteroatoms. The molecular weight excluding hydrogens is 466 g/mol. The predicted octanol–water partition coefficient (Wildman–Crippen LogP) is 5.80. The molecule has 1 fully saturated rings. The molecule has 0 spiro atoms. The molecule has 0 unspecified atom stereocenters. The van der Waals surface area contributed by atoms with Crippen LogP contribution in [-0.2, 0) is 11.2 Å². The Balaban J connectivity index is 1.37. The van der Waals surface area contributed by atoms with Crippen molar-refractivity contribution in [3.63, 3.8) is 0 Å². The molecule has 1 aliphatic heterocycles. The van der Waals surface area contributed by atoms with E-state index in [9.17, 15) is 9.59 Å². The van der Waals surface area contributed by atoms with Gasteiger partial charge in [-0.05, 0) is 64.8 Å². The number of anilines is 1. The highest BCUT2D eigenvalue weighted by Gasteiger charge is 2.37. The van der Waals surface area contributed by atoms with Gasteiger partial charge in [-0.15, -0.1) is 11.8 Å². The minimum absolute atomic E-state index is 0.121. The van der Waals surface area contributed by atoms with Crippen molar-refractivity contribution in [1.82, 2.24) is 9.55 Å². The van der Waals surface area contributed by atoms with Crippen LogP contribution in [0.25, 0.3) is 10.8 Å². The van der Waals surface area contributed by atoms with Crippen molar-refractivity contribution in [2.75, 3.05) is 11.1 Å². The Morgan fingerprint density at radius 1 is 1.09 bits per heavy atom. The smallest absolute Gasteiger partial charge is 0.252 e. The molecule has 5 nitrogen and oxygen atoms in total. The van der Waals surface area contributed by atoms with Gasteiger partial charge in [0.05, 0.1) is 10.0 Å². The fraction of sp³-hybridized carbons (Fsp3) is 0.222. The summed E-state index contributed by atoms with van der Waals surface area (Å²) in [5.74, 6) is 1.19. The van der Waals surface area contributed by atoms with Gasteiger partial charge in [-0.1, -0.05) is 54.1 Å². The van der Waals surface area contributed by atoms with Crippen LogP contribution in [0.4, 0.5) is 5.82 Å². The van der Waals surface area contributed by atoms with Crippen molar-refractivity contribution < 1.29 is 4.79 Å². The third kappa shape index (κ3) is 3.91. The van der Waals surface area contributed by atoms with Crippen LogP contribution in [-0.4, -0.2) is 21.2 Å². The normalized spacial score (nSPS) is 17.0. The highest BCUT2D eigenvalue weighted by Crippen LogP contribution is 2.48. The maximum absolute atomic E-state index is 13.3.